The number of aromatic amines is 1. The maximum Gasteiger partial charge on any atom is 0.483 e. The summed E-state index contributed by atoms with van der Waals surface area (Å²) < 4.78 is 57.8. The number of phosphoric ester groups is 2. The van der Waals surface area contributed by atoms with Crippen LogP contribution in [-0.4, -0.2) is 136 Å². The molecule has 13 unspecified atom stereocenters. The number of hydrogen-bond acceptors (Lipinski definition) is 18. The predicted molar refractivity (Wildman–Crippen MR) is 244 cm³/mol. The van der Waals surface area contributed by atoms with Crippen molar-refractivity contribution in [2.45, 2.75) is 222 Å². The van der Waals surface area contributed by atoms with Crippen LogP contribution in [0.3, 0.4) is 0 Å². The van der Waals surface area contributed by atoms with Crippen molar-refractivity contribution in [3.05, 3.63) is 33.1 Å². The highest BCUT2D eigenvalue weighted by Gasteiger charge is 2.52. The van der Waals surface area contributed by atoms with Gasteiger partial charge in [-0.15, -0.1) is 0 Å². The van der Waals surface area contributed by atoms with Crippen LogP contribution >= 0.6 is 15.6 Å². The van der Waals surface area contributed by atoms with Crippen LogP contribution in [0.15, 0.2) is 21.9 Å². The number of nitrogens with one attached hydrogen (secondary N) is 2. The van der Waals surface area contributed by atoms with Crippen LogP contribution in [0.25, 0.3) is 0 Å². The number of aliphatic hydroxyl groups is 6. The molecule has 1 aromatic rings. The van der Waals surface area contributed by atoms with Gasteiger partial charge in [-0.25, -0.2) is 13.9 Å². The topological polar surface area (TPSA) is 352 Å². The van der Waals surface area contributed by atoms with E-state index in [-0.39, 0.29) is 12.8 Å². The molecule has 68 heavy (non-hydrogen) atoms. The van der Waals surface area contributed by atoms with Gasteiger partial charge < -0.3 is 60.0 Å². The monoisotopic (exact) mass is 1020 g/mol. The largest absolute Gasteiger partial charge is 0.483 e. The molecule has 25 heteroatoms. The molecule has 0 aromatic carbocycles. The van der Waals surface area contributed by atoms with Gasteiger partial charge in [-0.1, -0.05) is 129 Å². The van der Waals surface area contributed by atoms with Gasteiger partial charge in [0.15, 0.2) is 18.6 Å². The summed E-state index contributed by atoms with van der Waals surface area (Å²) in [5.74, 6) is -1.98. The molecule has 0 bridgehead atoms. The van der Waals surface area contributed by atoms with Gasteiger partial charge in [-0.3, -0.25) is 33.0 Å². The van der Waals surface area contributed by atoms with Gasteiger partial charge in [0.05, 0.1) is 38.3 Å². The summed E-state index contributed by atoms with van der Waals surface area (Å²) in [7, 11) is -11.6. The van der Waals surface area contributed by atoms with Gasteiger partial charge in [-0.05, 0) is 12.8 Å². The number of carbonyl (C=O) groups is 2. The number of rotatable bonds is 35. The number of amides is 1. The number of aliphatic hydroxyl groups excluding tert-OH is 6. The molecule has 13 atom stereocenters. The van der Waals surface area contributed by atoms with Gasteiger partial charge in [0.1, 0.15) is 36.6 Å². The minimum atomic E-state index is -5.89. The number of hydrogen-bond donors (Lipinski definition) is 10. The first-order chi connectivity index (χ1) is 32.3. The molecule has 1 aromatic heterocycles. The van der Waals surface area contributed by atoms with Gasteiger partial charge >= 0.3 is 27.3 Å². The zero-order valence-electron chi connectivity index (χ0n) is 39.3. The van der Waals surface area contributed by atoms with Crippen LogP contribution in [0.4, 0.5) is 0 Å². The van der Waals surface area contributed by atoms with E-state index in [1.165, 1.54) is 25.7 Å². The third kappa shape index (κ3) is 21.5. The van der Waals surface area contributed by atoms with E-state index in [1.807, 2.05) is 4.98 Å². The van der Waals surface area contributed by atoms with E-state index in [0.717, 1.165) is 93.9 Å². The molecule has 0 aliphatic carbocycles. The van der Waals surface area contributed by atoms with Crippen molar-refractivity contribution in [1.29, 1.82) is 0 Å². The summed E-state index contributed by atoms with van der Waals surface area (Å²) >= 11 is 0. The third-order valence-electron chi connectivity index (χ3n) is 11.9. The van der Waals surface area contributed by atoms with E-state index in [0.29, 0.717) is 12.8 Å². The van der Waals surface area contributed by atoms with Crippen molar-refractivity contribution in [2.75, 3.05) is 13.2 Å². The Bertz CT molecular complexity index is 1840. The van der Waals surface area contributed by atoms with Crippen LogP contribution in [0.2, 0.25) is 0 Å². The summed E-state index contributed by atoms with van der Waals surface area (Å²) in [4.78, 5) is 73.5. The Labute approximate surface area is 397 Å². The molecule has 3 heterocycles. The Kier molecular flexibility index (Phi) is 27.4. The van der Waals surface area contributed by atoms with Gasteiger partial charge in [0.25, 0.3) is 5.56 Å². The number of carbonyl (C=O) groups excluding carboxylic acids is 2. The molecule has 1 amide bonds. The fraction of sp³-hybridized carbons (Fsp3) is 0.860. The highest BCUT2D eigenvalue weighted by molar-refractivity contribution is 7.61. The maximum atomic E-state index is 13.4. The second-order valence-electron chi connectivity index (χ2n) is 17.7. The first-order valence-electron chi connectivity index (χ1n) is 24.1. The molecule has 394 valence electrons. The molecule has 23 nitrogen and oxygen atoms in total. The Morgan fingerprint density at radius 3 is 1.81 bits per heavy atom. The van der Waals surface area contributed by atoms with Crippen LogP contribution in [0, 0.1) is 0 Å². The summed E-state index contributed by atoms with van der Waals surface area (Å²) in [6, 6.07) is -0.977. The number of esters is 1. The Morgan fingerprint density at radius 2 is 1.28 bits per heavy atom. The average Bonchev–Trinajstić information content (AvgIpc) is 3.54. The SMILES string of the molecule is CCCCCCCCCCCC(O)CC(=O)NC1C(OP(=O)(O)OP(=O)(O)OCC2OC(n3ccc(=O)[nH]c3=O)C(O)C2O)OC(CO)C(O)C1OC(=O)CC(O)CCCCCCCCCCC. The number of H-pyrrole nitrogens is 1. The van der Waals surface area contributed by atoms with E-state index in [1.54, 1.807) is 0 Å². The summed E-state index contributed by atoms with van der Waals surface area (Å²) in [5.41, 5.74) is -1.79. The lowest BCUT2D eigenvalue weighted by Gasteiger charge is -2.43. The molecule has 2 saturated heterocycles. The molecular formula is C43H77N3O20P2. The van der Waals surface area contributed by atoms with E-state index in [4.69, 9.17) is 23.3 Å². The predicted octanol–water partition coefficient (Wildman–Crippen LogP) is 3.22. The molecule has 2 fully saturated rings. The van der Waals surface area contributed by atoms with E-state index < -0.39 is 132 Å². The fourth-order valence-electron chi connectivity index (χ4n) is 8.08. The number of aromatic nitrogens is 2. The minimum Gasteiger partial charge on any atom is -0.457 e. The Morgan fingerprint density at radius 1 is 0.750 bits per heavy atom. The number of nitrogens with zero attached hydrogens (tertiary/aromatic N) is 1. The van der Waals surface area contributed by atoms with Crippen molar-refractivity contribution >= 4 is 27.5 Å². The van der Waals surface area contributed by atoms with Crippen LogP contribution in [0.5, 0.6) is 0 Å². The summed E-state index contributed by atoms with van der Waals surface area (Å²) in [6.07, 6.45) is 1.76. The highest BCUT2D eigenvalue weighted by atomic mass is 31.3. The fourth-order valence-corrected chi connectivity index (χ4v) is 10.2. The first kappa shape index (κ1) is 59.9. The maximum absolute atomic E-state index is 13.4. The van der Waals surface area contributed by atoms with Crippen molar-refractivity contribution in [3.8, 4) is 0 Å². The van der Waals surface area contributed by atoms with Crippen LogP contribution in [-0.2, 0) is 46.3 Å². The lowest BCUT2D eigenvalue weighted by molar-refractivity contribution is -0.253. The lowest BCUT2D eigenvalue weighted by atomic mass is 9.96. The molecular weight excluding hydrogens is 940 g/mol. The van der Waals surface area contributed by atoms with Crippen molar-refractivity contribution in [1.82, 2.24) is 14.9 Å². The van der Waals surface area contributed by atoms with Crippen LogP contribution < -0.4 is 16.6 Å². The highest BCUT2D eigenvalue weighted by Crippen LogP contribution is 2.61. The van der Waals surface area contributed by atoms with Gasteiger partial charge in [-0.2, -0.15) is 4.31 Å². The van der Waals surface area contributed by atoms with Crippen molar-refractivity contribution < 1.29 is 86.7 Å². The van der Waals surface area contributed by atoms with E-state index in [2.05, 4.69) is 23.5 Å². The summed E-state index contributed by atoms with van der Waals surface area (Å²) in [6.45, 7) is 2.20. The van der Waals surface area contributed by atoms with Gasteiger partial charge in [0, 0.05) is 12.3 Å². The minimum absolute atomic E-state index is 0.245. The normalized spacial score (nSPS) is 26.7. The average molecular weight is 1020 g/mol. The third-order valence-corrected chi connectivity index (χ3v) is 14.5. The summed E-state index contributed by atoms with van der Waals surface area (Å²) in [5, 5.41) is 66.1. The molecule has 0 radical (unpaired) electrons. The zero-order valence-corrected chi connectivity index (χ0v) is 41.1. The van der Waals surface area contributed by atoms with Crippen LogP contribution in [0.1, 0.15) is 161 Å². The number of ether oxygens (including phenoxy) is 3. The Hall–Kier alpha value is -2.44. The zero-order chi connectivity index (χ0) is 50.3. The molecule has 2 aliphatic heterocycles. The van der Waals surface area contributed by atoms with E-state index in [9.17, 15) is 68.7 Å². The van der Waals surface area contributed by atoms with Crippen molar-refractivity contribution in [3.63, 3.8) is 0 Å². The molecule has 2 aliphatic rings. The molecule has 10 N–H and O–H groups in total. The lowest BCUT2D eigenvalue weighted by Crippen LogP contribution is -2.65. The smallest absolute Gasteiger partial charge is 0.457 e. The van der Waals surface area contributed by atoms with E-state index >= 15 is 0 Å². The standard InChI is InChI=1S/C43H77N3O20P2/c1-3-5-7-9-11-13-15-17-19-21-29(48)25-34(51)44-36-40(64-35(52)26-30(49)22-20-18-16-14-12-10-8-6-4-2)38(54)31(27-47)63-42(36)65-68(59,60)66-67(57,58)61-28-32-37(53)39(55)41(62-32)46-24-23-33(50)45-43(46)56/h23-24,29-32,36-42,47-49,53-55H,3-22,25-28H2,1-2H3,(H,44,51)(H,57,58)(H,59,60)(H,45,50,56). The van der Waals surface area contributed by atoms with Crippen molar-refractivity contribution in [2.24, 2.45) is 0 Å². The quantitative estimate of drug-likeness (QED) is 0.0265. The van der Waals surface area contributed by atoms with Gasteiger partial charge in [0.2, 0.25) is 5.91 Å². The number of phosphoric acid groups is 2. The molecule has 0 spiro atoms. The second kappa shape index (κ2) is 31.1. The number of unbranched alkanes of at least 4 members (excludes halogenated alkanes) is 16. The molecule has 0 saturated carbocycles. The Balaban J connectivity index is 1.70. The first-order valence-corrected chi connectivity index (χ1v) is 27.1. The second-order valence-corrected chi connectivity index (χ2v) is 20.7. The molecule has 3 rings (SSSR count).